The van der Waals surface area contributed by atoms with Gasteiger partial charge in [-0.15, -0.1) is 0 Å². The molecule has 128 valence electrons. The predicted molar refractivity (Wildman–Crippen MR) is 93.5 cm³/mol. The number of nitrogens with one attached hydrogen (secondary N) is 1. The molecule has 3 heterocycles. The van der Waals surface area contributed by atoms with Crippen LogP contribution in [-0.2, 0) is 6.54 Å². The van der Waals surface area contributed by atoms with Crippen LogP contribution in [0, 0.1) is 5.41 Å². The lowest BCUT2D eigenvalue weighted by Gasteiger charge is -2.38. The second-order valence-electron chi connectivity index (χ2n) is 5.38. The SMILES string of the molecule is N=C1C(N)N(Cc2ccco2)c2nonc2N1c1ccc(Cl)c(Cl)c1. The fourth-order valence-electron chi connectivity index (χ4n) is 2.66. The maximum atomic E-state index is 8.49. The number of rotatable bonds is 3. The fourth-order valence-corrected chi connectivity index (χ4v) is 2.95. The Balaban J connectivity index is 1.77. The molecule has 1 atom stereocenters. The molecular formula is C15H12Cl2N6O2. The molecule has 1 unspecified atom stereocenters. The van der Waals surface area contributed by atoms with Crippen molar-refractivity contribution in [1.82, 2.24) is 10.3 Å². The summed E-state index contributed by atoms with van der Waals surface area (Å²) in [6.07, 6.45) is 0.791. The van der Waals surface area contributed by atoms with Crippen LogP contribution in [0.4, 0.5) is 17.3 Å². The van der Waals surface area contributed by atoms with Crippen LogP contribution >= 0.6 is 23.2 Å². The van der Waals surface area contributed by atoms with Crippen LogP contribution in [0.15, 0.2) is 45.6 Å². The van der Waals surface area contributed by atoms with Crippen LogP contribution in [0.5, 0.6) is 0 Å². The van der Waals surface area contributed by atoms with Crippen molar-refractivity contribution >= 4 is 46.4 Å². The van der Waals surface area contributed by atoms with Crippen molar-refractivity contribution in [2.75, 3.05) is 9.80 Å². The third-order valence-electron chi connectivity index (χ3n) is 3.86. The molecule has 4 rings (SSSR count). The number of anilines is 3. The van der Waals surface area contributed by atoms with E-state index in [1.165, 1.54) is 4.90 Å². The second kappa shape index (κ2) is 6.07. The molecule has 3 aromatic rings. The van der Waals surface area contributed by atoms with Gasteiger partial charge in [-0.3, -0.25) is 10.3 Å². The molecule has 8 nitrogen and oxygen atoms in total. The van der Waals surface area contributed by atoms with E-state index in [1.54, 1.807) is 35.4 Å². The highest BCUT2D eigenvalue weighted by Gasteiger charge is 2.39. The number of hydrogen-bond acceptors (Lipinski definition) is 7. The number of furan rings is 1. The molecule has 0 spiro atoms. The van der Waals surface area contributed by atoms with Crippen LogP contribution in [-0.4, -0.2) is 22.3 Å². The number of hydrogen-bond donors (Lipinski definition) is 2. The Morgan fingerprint density at radius 1 is 1.16 bits per heavy atom. The normalized spacial score (nSPS) is 17.1. The minimum atomic E-state index is -0.779. The molecule has 0 amide bonds. The van der Waals surface area contributed by atoms with Crippen LogP contribution in [0.25, 0.3) is 0 Å². The quantitative estimate of drug-likeness (QED) is 0.718. The maximum absolute atomic E-state index is 8.49. The van der Waals surface area contributed by atoms with Crippen molar-refractivity contribution in [3.8, 4) is 0 Å². The molecule has 0 saturated carbocycles. The number of fused-ring (bicyclic) bond motifs is 1. The predicted octanol–water partition coefficient (Wildman–Crippen LogP) is 3.39. The number of nitrogens with zero attached hydrogens (tertiary/aromatic N) is 4. The molecule has 1 aliphatic rings. The van der Waals surface area contributed by atoms with Crippen LogP contribution in [0.2, 0.25) is 10.0 Å². The summed E-state index contributed by atoms with van der Waals surface area (Å²) in [5.74, 6) is 1.52. The van der Waals surface area contributed by atoms with Gasteiger partial charge in [-0.05, 0) is 40.6 Å². The Kier molecular flexibility index (Phi) is 3.87. The van der Waals surface area contributed by atoms with Crippen molar-refractivity contribution in [1.29, 1.82) is 5.41 Å². The molecule has 0 aliphatic carbocycles. The number of nitrogens with two attached hydrogens (primary N) is 1. The largest absolute Gasteiger partial charge is 0.467 e. The molecular weight excluding hydrogens is 367 g/mol. The van der Waals surface area contributed by atoms with Gasteiger partial charge in [0.15, 0.2) is 0 Å². The van der Waals surface area contributed by atoms with E-state index in [-0.39, 0.29) is 5.84 Å². The van der Waals surface area contributed by atoms with Gasteiger partial charge in [0, 0.05) is 0 Å². The molecule has 0 bridgehead atoms. The zero-order valence-electron chi connectivity index (χ0n) is 12.7. The van der Waals surface area contributed by atoms with Gasteiger partial charge in [0.05, 0.1) is 28.5 Å². The first kappa shape index (κ1) is 15.9. The van der Waals surface area contributed by atoms with E-state index in [4.69, 9.17) is 43.4 Å². The molecule has 1 aliphatic heterocycles. The van der Waals surface area contributed by atoms with Gasteiger partial charge >= 0.3 is 0 Å². The molecule has 0 fully saturated rings. The molecule has 10 heteroatoms. The first-order chi connectivity index (χ1) is 12.1. The maximum Gasteiger partial charge on any atom is 0.228 e. The highest BCUT2D eigenvalue weighted by atomic mass is 35.5. The molecule has 0 saturated heterocycles. The minimum absolute atomic E-state index is 0.0909. The summed E-state index contributed by atoms with van der Waals surface area (Å²) >= 11 is 12.1. The monoisotopic (exact) mass is 378 g/mol. The third kappa shape index (κ3) is 2.64. The van der Waals surface area contributed by atoms with Crippen molar-refractivity contribution in [2.24, 2.45) is 5.73 Å². The molecule has 25 heavy (non-hydrogen) atoms. The average Bonchev–Trinajstić information content (AvgIpc) is 3.26. The van der Waals surface area contributed by atoms with Gasteiger partial charge in [0.25, 0.3) is 0 Å². The average molecular weight is 379 g/mol. The van der Waals surface area contributed by atoms with Crippen molar-refractivity contribution < 1.29 is 9.05 Å². The van der Waals surface area contributed by atoms with Crippen molar-refractivity contribution in [2.45, 2.75) is 12.7 Å². The van der Waals surface area contributed by atoms with Crippen LogP contribution < -0.4 is 15.5 Å². The topological polar surface area (TPSA) is 108 Å². The summed E-state index contributed by atoms with van der Waals surface area (Å²) in [6.45, 7) is 0.326. The second-order valence-corrected chi connectivity index (χ2v) is 6.20. The number of halogens is 2. The van der Waals surface area contributed by atoms with E-state index < -0.39 is 6.17 Å². The van der Waals surface area contributed by atoms with Crippen LogP contribution in [0.3, 0.4) is 0 Å². The van der Waals surface area contributed by atoms with E-state index in [9.17, 15) is 0 Å². The summed E-state index contributed by atoms with van der Waals surface area (Å²) in [4.78, 5) is 3.21. The Morgan fingerprint density at radius 2 is 1.96 bits per heavy atom. The van der Waals surface area contributed by atoms with Crippen molar-refractivity contribution in [3.05, 3.63) is 52.4 Å². The summed E-state index contributed by atoms with van der Waals surface area (Å²) in [5.41, 5.74) is 6.85. The summed E-state index contributed by atoms with van der Waals surface area (Å²) in [5, 5.41) is 17.1. The Bertz CT molecular complexity index is 926. The minimum Gasteiger partial charge on any atom is -0.467 e. The zero-order valence-corrected chi connectivity index (χ0v) is 14.2. The first-order valence-electron chi connectivity index (χ1n) is 7.27. The number of amidine groups is 1. The molecule has 3 N–H and O–H groups in total. The van der Waals surface area contributed by atoms with E-state index in [0.717, 1.165) is 0 Å². The lowest BCUT2D eigenvalue weighted by Crippen LogP contribution is -2.56. The highest BCUT2D eigenvalue weighted by molar-refractivity contribution is 6.42. The Hall–Kier alpha value is -2.55. The van der Waals surface area contributed by atoms with Gasteiger partial charge in [-0.25, -0.2) is 4.63 Å². The molecule has 1 aromatic carbocycles. The standard InChI is InChI=1S/C15H12Cl2N6O2/c16-10-4-3-8(6-11(10)17)23-13(19)12(18)22(7-9-2-1-5-24-9)14-15(23)21-25-20-14/h1-6,12,19H,7,18H2. The first-order valence-corrected chi connectivity index (χ1v) is 8.02. The fraction of sp³-hybridized carbons (Fsp3) is 0.133. The lowest BCUT2D eigenvalue weighted by atomic mass is 10.2. The smallest absolute Gasteiger partial charge is 0.228 e. The van der Waals surface area contributed by atoms with Crippen molar-refractivity contribution in [3.63, 3.8) is 0 Å². The van der Waals surface area contributed by atoms with Gasteiger partial charge < -0.3 is 15.1 Å². The zero-order chi connectivity index (χ0) is 17.6. The van der Waals surface area contributed by atoms with Crippen LogP contribution in [0.1, 0.15) is 5.76 Å². The van der Waals surface area contributed by atoms with Gasteiger partial charge in [0.2, 0.25) is 11.6 Å². The van der Waals surface area contributed by atoms with E-state index in [2.05, 4.69) is 10.3 Å². The Morgan fingerprint density at radius 3 is 2.68 bits per heavy atom. The highest BCUT2D eigenvalue weighted by Crippen LogP contribution is 2.39. The summed E-state index contributed by atoms with van der Waals surface area (Å²) in [7, 11) is 0. The lowest BCUT2D eigenvalue weighted by molar-refractivity contribution is 0.308. The van der Waals surface area contributed by atoms with E-state index in [1.807, 2.05) is 6.07 Å². The molecule has 0 radical (unpaired) electrons. The molecule has 2 aromatic heterocycles. The van der Waals surface area contributed by atoms with E-state index >= 15 is 0 Å². The summed E-state index contributed by atoms with van der Waals surface area (Å²) in [6, 6.07) is 8.58. The summed E-state index contributed by atoms with van der Waals surface area (Å²) < 4.78 is 10.3. The number of benzene rings is 1. The number of aromatic nitrogens is 2. The Labute approximate surface area is 152 Å². The van der Waals surface area contributed by atoms with E-state index in [0.29, 0.717) is 39.7 Å². The van der Waals surface area contributed by atoms with Gasteiger partial charge in [-0.1, -0.05) is 23.2 Å². The van der Waals surface area contributed by atoms with Gasteiger partial charge in [0.1, 0.15) is 17.8 Å². The third-order valence-corrected chi connectivity index (χ3v) is 4.60. The van der Waals surface area contributed by atoms with Gasteiger partial charge in [-0.2, -0.15) is 0 Å².